The van der Waals surface area contributed by atoms with E-state index in [1.54, 1.807) is 133 Å². The minimum absolute atomic E-state index is 0. The van der Waals surface area contributed by atoms with Crippen molar-refractivity contribution >= 4 is 151 Å². The van der Waals surface area contributed by atoms with Gasteiger partial charge in [0, 0.05) is 45.0 Å². The molecule has 0 atom stereocenters. The van der Waals surface area contributed by atoms with E-state index in [0.717, 1.165) is 24.3 Å². The van der Waals surface area contributed by atoms with Gasteiger partial charge in [0.1, 0.15) is 43.2 Å². The van der Waals surface area contributed by atoms with Crippen molar-refractivity contribution in [3.63, 3.8) is 0 Å². The summed E-state index contributed by atoms with van der Waals surface area (Å²) in [4.78, 5) is 77.9. The standard InChI is InChI=1S/2C31H24N4O7S.Ca/c2*1-42-24-13-9-21(10-14-24)33-31(38)27-18-19-5-2-3-8-26(19)28(29(27)36)35-34-23-7-4-6-20(17-23)30(37)32-22-11-15-25(16-12-22)43(39,40)41;/h2*2-18,34H,1H3,(H,32,37)(H,33,38)(H,39,40,41);/q;;+2/p-2/b2*35-28-;. The molecule has 0 heterocycles. The van der Waals surface area contributed by atoms with Crippen LogP contribution in [0.25, 0.3) is 12.2 Å². The zero-order chi connectivity index (χ0) is 61.1. The molecule has 0 unspecified atom stereocenters. The monoisotopic (exact) mass is 1230 g/mol. The molecule has 0 spiro atoms. The van der Waals surface area contributed by atoms with Crippen LogP contribution in [0.4, 0.5) is 34.1 Å². The van der Waals surface area contributed by atoms with E-state index in [1.165, 1.54) is 62.8 Å². The third kappa shape index (κ3) is 15.9. The Morgan fingerprint density at radius 2 is 0.724 bits per heavy atom. The molecule has 22 nitrogen and oxygen atoms in total. The SMILES string of the molecule is COc1ccc(NC(=O)C2=Cc3ccccc3/C(=N/Nc3cccc(C(=O)Nc4ccc(S(=O)(=O)[O-])cc4)c3)C2=O)cc1.COc1ccc(NC(=O)C2=Cc3ccccc3/C(=N/Nc3cccc(C(=O)Nc4ccc(S(=O)(=O)[O-])cc4)c3)C2=O)cc1.[Ca+2]. The van der Waals surface area contributed by atoms with Gasteiger partial charge in [-0.15, -0.1) is 0 Å². The topological polar surface area (TPSA) is 332 Å². The number of ketones is 2. The Labute approximate surface area is 527 Å². The molecule has 10 rings (SSSR count). The number of amides is 4. The van der Waals surface area contributed by atoms with Crippen molar-refractivity contribution in [3.8, 4) is 11.5 Å². The molecule has 0 saturated heterocycles. The van der Waals surface area contributed by atoms with Crippen LogP contribution in [0.15, 0.2) is 225 Å². The summed E-state index contributed by atoms with van der Waals surface area (Å²) in [5.41, 5.74) is 10.5. The molecule has 0 saturated carbocycles. The van der Waals surface area contributed by atoms with Crippen LogP contribution in [0.5, 0.6) is 11.5 Å². The molecule has 6 N–H and O–H groups in total. The van der Waals surface area contributed by atoms with E-state index in [1.807, 2.05) is 0 Å². The number of hydrogen-bond donors (Lipinski definition) is 6. The van der Waals surface area contributed by atoms with Crippen LogP contribution < -0.4 is 41.6 Å². The van der Waals surface area contributed by atoms with Crippen LogP contribution >= 0.6 is 0 Å². The summed E-state index contributed by atoms with van der Waals surface area (Å²) in [5, 5.41) is 19.3. The number of anilines is 6. The number of fused-ring (bicyclic) bond motifs is 2. The second kappa shape index (κ2) is 27.9. The van der Waals surface area contributed by atoms with Crippen molar-refractivity contribution in [1.82, 2.24) is 0 Å². The van der Waals surface area contributed by atoms with Gasteiger partial charge < -0.3 is 39.8 Å². The van der Waals surface area contributed by atoms with Crippen LogP contribution in [0.1, 0.15) is 43.0 Å². The maximum absolute atomic E-state index is 13.5. The second-order valence-electron chi connectivity index (χ2n) is 18.5. The summed E-state index contributed by atoms with van der Waals surface area (Å²) in [6.45, 7) is 0. The molecule has 0 radical (unpaired) electrons. The van der Waals surface area contributed by atoms with Gasteiger partial charge in [-0.25, -0.2) is 16.8 Å². The van der Waals surface area contributed by atoms with Crippen molar-refractivity contribution in [2.24, 2.45) is 10.2 Å². The van der Waals surface area contributed by atoms with Gasteiger partial charge in [0.05, 0.1) is 46.5 Å². The molecule has 0 aliphatic heterocycles. The maximum Gasteiger partial charge on any atom is 2.00 e. The van der Waals surface area contributed by atoms with E-state index in [-0.39, 0.29) is 82.8 Å². The van der Waals surface area contributed by atoms with Gasteiger partial charge in [0.25, 0.3) is 23.6 Å². The van der Waals surface area contributed by atoms with E-state index < -0.39 is 65.2 Å². The van der Waals surface area contributed by atoms with Crippen LogP contribution in [0, 0.1) is 0 Å². The zero-order valence-corrected chi connectivity index (χ0v) is 49.6. The number of ether oxygens (including phenoxy) is 2. The molecule has 8 aromatic carbocycles. The average molecular weight is 1230 g/mol. The summed E-state index contributed by atoms with van der Waals surface area (Å²) in [7, 11) is -6.15. The molecule has 8 aromatic rings. The number of carbonyl (C=O) groups excluding carboxylic acids is 6. The number of hydrazone groups is 2. The van der Waals surface area contributed by atoms with Crippen LogP contribution in [0.2, 0.25) is 0 Å². The fourth-order valence-electron chi connectivity index (χ4n) is 8.44. The number of carbonyl (C=O) groups is 6. The Morgan fingerprint density at radius 3 is 1.06 bits per heavy atom. The molecule has 2 aliphatic carbocycles. The number of Topliss-reactive ketones (excluding diaryl/α,β-unsaturated/α-hetero) is 2. The fourth-order valence-corrected chi connectivity index (χ4v) is 9.38. The summed E-state index contributed by atoms with van der Waals surface area (Å²) in [6.07, 6.45) is 3.03. The molecule has 25 heteroatoms. The fraction of sp³-hybridized carbons (Fsp3) is 0.0323. The first-order valence-electron chi connectivity index (χ1n) is 25.5. The summed E-state index contributed by atoms with van der Waals surface area (Å²) in [5.74, 6) is -2.15. The molecule has 2 aliphatic rings. The summed E-state index contributed by atoms with van der Waals surface area (Å²) in [6, 6.07) is 49.6. The average Bonchev–Trinajstić information content (AvgIpc) is 1.67. The van der Waals surface area contributed by atoms with Gasteiger partial charge in [0.15, 0.2) is 0 Å². The largest absolute Gasteiger partial charge is 2.00 e. The molecule has 0 aromatic heterocycles. The Bertz CT molecular complexity index is 4090. The van der Waals surface area contributed by atoms with E-state index in [0.29, 0.717) is 56.5 Å². The molecule has 0 bridgehead atoms. The van der Waals surface area contributed by atoms with Crippen LogP contribution in [-0.4, -0.2) is 125 Å². The first-order valence-corrected chi connectivity index (χ1v) is 28.3. The molecular weight excluding hydrogens is 1180 g/mol. The minimum atomic E-state index is -4.61. The Balaban J connectivity index is 0.000000223. The number of rotatable bonds is 16. The van der Waals surface area contributed by atoms with Gasteiger partial charge >= 0.3 is 37.7 Å². The van der Waals surface area contributed by atoms with Gasteiger partial charge in [-0.3, -0.25) is 39.6 Å². The van der Waals surface area contributed by atoms with Crippen LogP contribution in [-0.2, 0) is 39.4 Å². The van der Waals surface area contributed by atoms with Gasteiger partial charge in [0.2, 0.25) is 11.6 Å². The van der Waals surface area contributed by atoms with E-state index in [2.05, 4.69) is 42.3 Å². The normalized spacial score (nSPS) is 13.3. The van der Waals surface area contributed by atoms with Gasteiger partial charge in [-0.2, -0.15) is 10.2 Å². The molecule has 87 heavy (non-hydrogen) atoms. The number of nitrogens with zero attached hydrogens (tertiary/aromatic N) is 2. The predicted octanol–water partition coefficient (Wildman–Crippen LogP) is 8.16. The van der Waals surface area contributed by atoms with E-state index in [4.69, 9.17) is 9.47 Å². The maximum atomic E-state index is 13.5. The Kier molecular flexibility index (Phi) is 20.2. The van der Waals surface area contributed by atoms with Gasteiger partial charge in [-0.05, 0) is 157 Å². The number of methoxy groups -OCH3 is 2. The quantitative estimate of drug-likeness (QED) is 0.0230. The van der Waals surface area contributed by atoms with E-state index in [9.17, 15) is 54.7 Å². The molecule has 4 amide bonds. The Morgan fingerprint density at radius 1 is 0.402 bits per heavy atom. The van der Waals surface area contributed by atoms with E-state index >= 15 is 0 Å². The number of benzene rings is 8. The third-order valence-electron chi connectivity index (χ3n) is 12.8. The molecular formula is C62H46CaN8O14S2. The molecule has 0 fully saturated rings. The van der Waals surface area contributed by atoms with Gasteiger partial charge in [-0.1, -0.05) is 60.7 Å². The second-order valence-corrected chi connectivity index (χ2v) is 21.2. The van der Waals surface area contributed by atoms with Crippen molar-refractivity contribution in [3.05, 3.63) is 239 Å². The summed E-state index contributed by atoms with van der Waals surface area (Å²) < 4.78 is 77.0. The first kappa shape index (κ1) is 63.1. The first-order chi connectivity index (χ1) is 41.2. The van der Waals surface area contributed by atoms with Crippen molar-refractivity contribution < 1.29 is 64.2 Å². The summed E-state index contributed by atoms with van der Waals surface area (Å²) >= 11 is 0. The number of nitrogens with one attached hydrogen (secondary N) is 6. The zero-order valence-electron chi connectivity index (χ0n) is 45.8. The van der Waals surface area contributed by atoms with Crippen molar-refractivity contribution in [2.75, 3.05) is 46.3 Å². The van der Waals surface area contributed by atoms with Crippen LogP contribution in [0.3, 0.4) is 0 Å². The predicted molar refractivity (Wildman–Crippen MR) is 326 cm³/mol. The Hall–Kier alpha value is -9.92. The number of hydrogen-bond acceptors (Lipinski definition) is 18. The third-order valence-corrected chi connectivity index (χ3v) is 14.5. The van der Waals surface area contributed by atoms with Crippen molar-refractivity contribution in [1.29, 1.82) is 0 Å². The van der Waals surface area contributed by atoms with Crippen molar-refractivity contribution in [2.45, 2.75) is 9.79 Å². The smallest absolute Gasteiger partial charge is 0.744 e. The minimum Gasteiger partial charge on any atom is -0.744 e. The molecule has 432 valence electrons.